The van der Waals surface area contributed by atoms with Crippen molar-refractivity contribution < 1.29 is 14.7 Å². The molecule has 1 amide bonds. The van der Waals surface area contributed by atoms with Crippen molar-refractivity contribution >= 4 is 34.7 Å². The lowest BCUT2D eigenvalue weighted by Crippen LogP contribution is -2.26. The van der Waals surface area contributed by atoms with Gasteiger partial charge in [-0.1, -0.05) is 12.1 Å². The number of hydrogen-bond acceptors (Lipinski definition) is 4. The number of carboxylic acid groups (broad SMARTS) is 1. The third-order valence-electron chi connectivity index (χ3n) is 3.09. The molecule has 0 saturated carbocycles. The number of carbonyl (C=O) groups is 2. The Hall–Kier alpha value is -2.02. The van der Waals surface area contributed by atoms with Gasteiger partial charge >= 0.3 is 5.97 Å². The van der Waals surface area contributed by atoms with Crippen LogP contribution in [0.3, 0.4) is 0 Å². The second-order valence-electron chi connectivity index (χ2n) is 4.69. The van der Waals surface area contributed by atoms with Gasteiger partial charge in [0.1, 0.15) is 5.82 Å². The summed E-state index contributed by atoms with van der Waals surface area (Å²) in [5.41, 5.74) is 3.10. The first-order chi connectivity index (χ1) is 9.99. The SMILES string of the molecule is Cc1cccc2nc(CNC(=O)CSCC(=O)O)n(C)c12. The number of nitrogens with one attached hydrogen (secondary N) is 1. The van der Waals surface area contributed by atoms with E-state index in [0.717, 1.165) is 34.2 Å². The van der Waals surface area contributed by atoms with Crippen LogP contribution in [0.2, 0.25) is 0 Å². The van der Waals surface area contributed by atoms with Crippen molar-refractivity contribution in [2.24, 2.45) is 7.05 Å². The van der Waals surface area contributed by atoms with Crippen molar-refractivity contribution in [3.8, 4) is 0 Å². The number of aryl methyl sites for hydroxylation is 2. The Bertz CT molecular complexity index is 681. The molecule has 0 aliphatic rings. The topological polar surface area (TPSA) is 84.2 Å². The van der Waals surface area contributed by atoms with Crippen LogP contribution in [0.25, 0.3) is 11.0 Å². The number of carboxylic acids is 1. The van der Waals surface area contributed by atoms with Gasteiger partial charge in [0.15, 0.2) is 0 Å². The van der Waals surface area contributed by atoms with Crippen LogP contribution in [-0.4, -0.2) is 38.0 Å². The molecular weight excluding hydrogens is 290 g/mol. The molecule has 0 fully saturated rings. The second-order valence-corrected chi connectivity index (χ2v) is 5.68. The number of imidazole rings is 1. The van der Waals surface area contributed by atoms with Gasteiger partial charge in [0, 0.05) is 7.05 Å². The average Bonchev–Trinajstić information content (AvgIpc) is 2.74. The normalized spacial score (nSPS) is 10.8. The smallest absolute Gasteiger partial charge is 0.313 e. The molecule has 2 N–H and O–H groups in total. The van der Waals surface area contributed by atoms with Gasteiger partial charge in [-0.25, -0.2) is 4.98 Å². The van der Waals surface area contributed by atoms with Crippen LogP contribution in [0.15, 0.2) is 18.2 Å². The van der Waals surface area contributed by atoms with Crippen LogP contribution in [-0.2, 0) is 23.2 Å². The maximum absolute atomic E-state index is 11.6. The molecule has 0 bridgehead atoms. The van der Waals surface area contributed by atoms with E-state index in [1.54, 1.807) is 0 Å². The highest BCUT2D eigenvalue weighted by Crippen LogP contribution is 2.18. The largest absolute Gasteiger partial charge is 0.481 e. The Morgan fingerprint density at radius 1 is 1.38 bits per heavy atom. The number of nitrogens with zero attached hydrogens (tertiary/aromatic N) is 2. The predicted molar refractivity (Wildman–Crippen MR) is 82.3 cm³/mol. The highest BCUT2D eigenvalue weighted by molar-refractivity contribution is 8.00. The zero-order valence-corrected chi connectivity index (χ0v) is 12.7. The summed E-state index contributed by atoms with van der Waals surface area (Å²) in [6.45, 7) is 2.35. The highest BCUT2D eigenvalue weighted by Gasteiger charge is 2.10. The first-order valence-corrected chi connectivity index (χ1v) is 7.61. The zero-order chi connectivity index (χ0) is 15.4. The van der Waals surface area contributed by atoms with Crippen molar-refractivity contribution in [3.63, 3.8) is 0 Å². The number of rotatable bonds is 6. The maximum atomic E-state index is 11.6. The summed E-state index contributed by atoms with van der Waals surface area (Å²) in [5, 5.41) is 11.3. The number of para-hydroxylation sites is 1. The van der Waals surface area contributed by atoms with Gasteiger partial charge in [-0.3, -0.25) is 9.59 Å². The third kappa shape index (κ3) is 3.75. The van der Waals surface area contributed by atoms with Crippen molar-refractivity contribution in [2.75, 3.05) is 11.5 Å². The molecule has 1 heterocycles. The van der Waals surface area contributed by atoms with E-state index in [-0.39, 0.29) is 17.4 Å². The first-order valence-electron chi connectivity index (χ1n) is 6.46. The lowest BCUT2D eigenvalue weighted by atomic mass is 10.2. The molecule has 6 nitrogen and oxygen atoms in total. The molecular formula is C14H17N3O3S. The van der Waals surface area contributed by atoms with Crippen molar-refractivity contribution in [3.05, 3.63) is 29.6 Å². The molecule has 0 unspecified atom stereocenters. The minimum absolute atomic E-state index is 0.0705. The number of benzene rings is 1. The summed E-state index contributed by atoms with van der Waals surface area (Å²) in [5.74, 6) is -0.270. The van der Waals surface area contributed by atoms with Crippen LogP contribution in [0.4, 0.5) is 0 Å². The van der Waals surface area contributed by atoms with E-state index in [2.05, 4.69) is 10.3 Å². The number of hydrogen-bond donors (Lipinski definition) is 2. The molecule has 7 heteroatoms. The van der Waals surface area contributed by atoms with Gasteiger partial charge in [0.05, 0.1) is 29.1 Å². The average molecular weight is 307 g/mol. The van der Waals surface area contributed by atoms with Crippen molar-refractivity contribution in [1.82, 2.24) is 14.9 Å². The molecule has 0 atom stereocenters. The fraction of sp³-hybridized carbons (Fsp3) is 0.357. The summed E-state index contributed by atoms with van der Waals surface area (Å²) < 4.78 is 1.97. The van der Waals surface area contributed by atoms with E-state index in [9.17, 15) is 9.59 Å². The molecule has 2 rings (SSSR count). The lowest BCUT2D eigenvalue weighted by Gasteiger charge is -2.05. The van der Waals surface area contributed by atoms with E-state index in [0.29, 0.717) is 6.54 Å². The minimum atomic E-state index is -0.918. The highest BCUT2D eigenvalue weighted by atomic mass is 32.2. The van der Waals surface area contributed by atoms with E-state index >= 15 is 0 Å². The van der Waals surface area contributed by atoms with Gasteiger partial charge in [-0.05, 0) is 18.6 Å². The molecule has 0 spiro atoms. The summed E-state index contributed by atoms with van der Waals surface area (Å²) in [6, 6.07) is 5.92. The summed E-state index contributed by atoms with van der Waals surface area (Å²) >= 11 is 1.08. The van der Waals surface area contributed by atoms with Crippen LogP contribution < -0.4 is 5.32 Å². The Balaban J connectivity index is 1.98. The van der Waals surface area contributed by atoms with E-state index < -0.39 is 5.97 Å². The second kappa shape index (κ2) is 6.62. The fourth-order valence-corrected chi connectivity index (χ4v) is 2.70. The molecule has 0 aliphatic heterocycles. The Labute approximate surface area is 126 Å². The Morgan fingerprint density at radius 2 is 2.14 bits per heavy atom. The number of aromatic nitrogens is 2. The summed E-state index contributed by atoms with van der Waals surface area (Å²) in [6.07, 6.45) is 0. The number of thioether (sulfide) groups is 1. The van der Waals surface area contributed by atoms with Gasteiger partial charge in [0.2, 0.25) is 5.91 Å². The third-order valence-corrected chi connectivity index (χ3v) is 4.01. The molecule has 2 aromatic rings. The summed E-state index contributed by atoms with van der Waals surface area (Å²) in [4.78, 5) is 26.5. The van der Waals surface area contributed by atoms with E-state index in [1.165, 1.54) is 0 Å². The maximum Gasteiger partial charge on any atom is 0.313 e. The molecule has 1 aromatic carbocycles. The van der Waals surface area contributed by atoms with Gasteiger partial charge in [0.25, 0.3) is 0 Å². The van der Waals surface area contributed by atoms with Gasteiger partial charge < -0.3 is 15.0 Å². The molecule has 0 aliphatic carbocycles. The number of carbonyl (C=O) groups excluding carboxylic acids is 1. The van der Waals surface area contributed by atoms with Crippen LogP contribution in [0, 0.1) is 6.92 Å². The minimum Gasteiger partial charge on any atom is -0.481 e. The molecule has 112 valence electrons. The fourth-order valence-electron chi connectivity index (χ4n) is 2.13. The number of amides is 1. The van der Waals surface area contributed by atoms with Crippen molar-refractivity contribution in [2.45, 2.75) is 13.5 Å². The van der Waals surface area contributed by atoms with Crippen LogP contribution >= 0.6 is 11.8 Å². The Kier molecular flexibility index (Phi) is 4.85. The molecule has 0 radical (unpaired) electrons. The monoisotopic (exact) mass is 307 g/mol. The Morgan fingerprint density at radius 3 is 2.81 bits per heavy atom. The predicted octanol–water partition coefficient (Wildman–Crippen LogP) is 1.32. The van der Waals surface area contributed by atoms with Gasteiger partial charge in [-0.15, -0.1) is 11.8 Å². The zero-order valence-electron chi connectivity index (χ0n) is 11.9. The molecule has 21 heavy (non-hydrogen) atoms. The molecule has 1 aromatic heterocycles. The lowest BCUT2D eigenvalue weighted by molar-refractivity contribution is -0.133. The first kappa shape index (κ1) is 15.4. The van der Waals surface area contributed by atoms with Crippen LogP contribution in [0.5, 0.6) is 0 Å². The quantitative estimate of drug-likeness (QED) is 0.841. The standard InChI is InChI=1S/C14H17N3O3S/c1-9-4-3-5-10-14(9)17(2)11(16-10)6-15-12(18)7-21-8-13(19)20/h3-5H,6-8H2,1-2H3,(H,15,18)(H,19,20). The number of aliphatic carboxylic acids is 1. The van der Waals surface area contributed by atoms with E-state index in [4.69, 9.17) is 5.11 Å². The number of fused-ring (bicyclic) bond motifs is 1. The van der Waals surface area contributed by atoms with E-state index in [1.807, 2.05) is 36.7 Å². The van der Waals surface area contributed by atoms with Crippen LogP contribution in [0.1, 0.15) is 11.4 Å². The van der Waals surface area contributed by atoms with Gasteiger partial charge in [-0.2, -0.15) is 0 Å². The summed E-state index contributed by atoms with van der Waals surface area (Å²) in [7, 11) is 1.92. The molecule has 0 saturated heterocycles. The van der Waals surface area contributed by atoms with Crippen molar-refractivity contribution in [1.29, 1.82) is 0 Å².